The molecule has 0 atom stereocenters. The fourth-order valence-corrected chi connectivity index (χ4v) is 1.92. The number of halogens is 1. The van der Waals surface area contributed by atoms with Crippen LogP contribution in [0, 0.1) is 0 Å². The van der Waals surface area contributed by atoms with Gasteiger partial charge in [0.05, 0.1) is 11.9 Å². The zero-order valence-corrected chi connectivity index (χ0v) is 11.3. The van der Waals surface area contributed by atoms with Gasteiger partial charge in [-0.3, -0.25) is 4.79 Å². The smallest absolute Gasteiger partial charge is 0.255 e. The van der Waals surface area contributed by atoms with Gasteiger partial charge in [0.2, 0.25) is 0 Å². The topological polar surface area (TPSA) is 42.0 Å². The summed E-state index contributed by atoms with van der Waals surface area (Å²) in [4.78, 5) is 16.9. The average molecular weight is 279 g/mol. The van der Waals surface area contributed by atoms with Gasteiger partial charge in [-0.25, -0.2) is 4.98 Å². The molecule has 1 N–H and O–H groups in total. The number of carbonyl (C=O) groups is 1. The molecule has 0 spiro atoms. The minimum atomic E-state index is -0.160. The van der Waals surface area contributed by atoms with Crippen LogP contribution in [0.1, 0.15) is 10.4 Å². The van der Waals surface area contributed by atoms with Crippen molar-refractivity contribution in [2.45, 2.75) is 4.90 Å². The molecule has 2 aromatic rings. The van der Waals surface area contributed by atoms with Crippen molar-refractivity contribution in [3.8, 4) is 0 Å². The molecule has 1 heterocycles. The number of rotatable bonds is 3. The highest BCUT2D eigenvalue weighted by Gasteiger charge is 2.05. The number of anilines is 1. The van der Waals surface area contributed by atoms with Crippen LogP contribution in [0.4, 0.5) is 5.69 Å². The van der Waals surface area contributed by atoms with Crippen LogP contribution in [0.3, 0.4) is 0 Å². The molecule has 0 bridgehead atoms. The summed E-state index contributed by atoms with van der Waals surface area (Å²) >= 11 is 7.31. The Morgan fingerprint density at radius 1 is 1.22 bits per heavy atom. The molecule has 5 heteroatoms. The summed E-state index contributed by atoms with van der Waals surface area (Å²) in [7, 11) is 0. The number of nitrogens with one attached hydrogen (secondary N) is 1. The van der Waals surface area contributed by atoms with E-state index in [0.29, 0.717) is 16.4 Å². The predicted octanol–water partition coefficient (Wildman–Crippen LogP) is 3.71. The summed E-state index contributed by atoms with van der Waals surface area (Å²) in [6, 6.07) is 10.8. The predicted molar refractivity (Wildman–Crippen MR) is 75.4 cm³/mol. The molecule has 2 rings (SSSR count). The highest BCUT2D eigenvalue weighted by Crippen LogP contribution is 2.16. The number of carbonyl (C=O) groups excluding carboxylic acids is 1. The van der Waals surface area contributed by atoms with E-state index in [1.54, 1.807) is 36.0 Å². The molecule has 1 aromatic carbocycles. The highest BCUT2D eigenvalue weighted by atomic mass is 35.5. The van der Waals surface area contributed by atoms with Crippen LogP contribution in [-0.4, -0.2) is 17.1 Å². The summed E-state index contributed by atoms with van der Waals surface area (Å²) in [6.07, 6.45) is 3.52. The zero-order chi connectivity index (χ0) is 13.0. The van der Waals surface area contributed by atoms with Crippen molar-refractivity contribution in [1.82, 2.24) is 4.98 Å². The van der Waals surface area contributed by atoms with Gasteiger partial charge in [0.15, 0.2) is 0 Å². The van der Waals surface area contributed by atoms with Gasteiger partial charge in [-0.05, 0) is 42.7 Å². The molecular weight excluding hydrogens is 268 g/mol. The number of hydrogen-bond acceptors (Lipinski definition) is 3. The molecule has 0 aliphatic carbocycles. The van der Waals surface area contributed by atoms with Crippen LogP contribution in [0.15, 0.2) is 47.5 Å². The molecule has 0 saturated heterocycles. The second kappa shape index (κ2) is 5.89. The maximum Gasteiger partial charge on any atom is 0.255 e. The van der Waals surface area contributed by atoms with Crippen molar-refractivity contribution in [1.29, 1.82) is 0 Å². The fraction of sp³-hybridized carbons (Fsp3) is 0.0769. The monoisotopic (exact) mass is 278 g/mol. The summed E-state index contributed by atoms with van der Waals surface area (Å²) in [6.45, 7) is 0. The van der Waals surface area contributed by atoms with Crippen LogP contribution < -0.4 is 5.32 Å². The quantitative estimate of drug-likeness (QED) is 0.687. The van der Waals surface area contributed by atoms with Crippen molar-refractivity contribution in [2.75, 3.05) is 11.6 Å². The molecule has 0 saturated carbocycles. The Hall–Kier alpha value is -1.52. The number of hydrogen-bond donors (Lipinski definition) is 1. The number of nitrogens with zero attached hydrogens (tertiary/aromatic N) is 1. The van der Waals surface area contributed by atoms with Gasteiger partial charge < -0.3 is 5.32 Å². The minimum absolute atomic E-state index is 0.160. The van der Waals surface area contributed by atoms with E-state index < -0.39 is 0 Å². The first-order valence-electron chi connectivity index (χ1n) is 5.26. The Labute approximate surface area is 115 Å². The van der Waals surface area contributed by atoms with E-state index in [1.807, 2.05) is 18.4 Å². The number of aromatic nitrogens is 1. The molecule has 0 fully saturated rings. The summed E-state index contributed by atoms with van der Waals surface area (Å²) in [5.41, 5.74) is 1.24. The first-order chi connectivity index (χ1) is 8.69. The van der Waals surface area contributed by atoms with Crippen LogP contribution >= 0.6 is 23.4 Å². The summed E-state index contributed by atoms with van der Waals surface area (Å²) < 4.78 is 0. The second-order valence-electron chi connectivity index (χ2n) is 3.55. The molecule has 1 aromatic heterocycles. The van der Waals surface area contributed by atoms with Crippen LogP contribution in [0.5, 0.6) is 0 Å². The first-order valence-corrected chi connectivity index (χ1v) is 6.86. The van der Waals surface area contributed by atoms with E-state index in [1.165, 1.54) is 6.20 Å². The third-order valence-corrected chi connectivity index (χ3v) is 3.30. The van der Waals surface area contributed by atoms with E-state index in [-0.39, 0.29) is 5.91 Å². The van der Waals surface area contributed by atoms with Gasteiger partial charge >= 0.3 is 0 Å². The lowest BCUT2D eigenvalue weighted by molar-refractivity contribution is 0.102. The first kappa shape index (κ1) is 12.9. The minimum Gasteiger partial charge on any atom is -0.321 e. The van der Waals surface area contributed by atoms with Gasteiger partial charge in [-0.2, -0.15) is 0 Å². The van der Waals surface area contributed by atoms with E-state index >= 15 is 0 Å². The molecule has 0 aliphatic heterocycles. The molecule has 0 aliphatic rings. The van der Waals surface area contributed by atoms with Crippen molar-refractivity contribution in [3.05, 3.63) is 53.3 Å². The lowest BCUT2D eigenvalue weighted by Gasteiger charge is -2.05. The van der Waals surface area contributed by atoms with Gasteiger partial charge in [0, 0.05) is 10.5 Å². The Kier molecular flexibility index (Phi) is 4.23. The van der Waals surface area contributed by atoms with E-state index in [2.05, 4.69) is 10.3 Å². The number of benzene rings is 1. The maximum absolute atomic E-state index is 11.9. The largest absolute Gasteiger partial charge is 0.321 e. The number of thioether (sulfide) groups is 1. The molecule has 18 heavy (non-hydrogen) atoms. The molecule has 0 unspecified atom stereocenters. The molecular formula is C13H11ClN2OS. The van der Waals surface area contributed by atoms with Gasteiger partial charge in [-0.1, -0.05) is 11.6 Å². The number of amides is 1. The van der Waals surface area contributed by atoms with Crippen LogP contribution in [0.2, 0.25) is 5.15 Å². The molecule has 92 valence electrons. The number of pyridine rings is 1. The Morgan fingerprint density at radius 2 is 1.94 bits per heavy atom. The molecule has 0 radical (unpaired) electrons. The summed E-state index contributed by atoms with van der Waals surface area (Å²) in [5, 5.41) is 3.16. The third kappa shape index (κ3) is 3.24. The third-order valence-electron chi connectivity index (χ3n) is 2.34. The maximum atomic E-state index is 11.9. The van der Waals surface area contributed by atoms with Gasteiger partial charge in [-0.15, -0.1) is 11.8 Å². The van der Waals surface area contributed by atoms with E-state index in [0.717, 1.165) is 4.90 Å². The van der Waals surface area contributed by atoms with Gasteiger partial charge in [0.1, 0.15) is 5.15 Å². The Balaban J connectivity index is 2.09. The van der Waals surface area contributed by atoms with Crippen molar-refractivity contribution < 1.29 is 4.79 Å². The summed E-state index contributed by atoms with van der Waals surface area (Å²) in [5.74, 6) is -0.160. The van der Waals surface area contributed by atoms with E-state index in [9.17, 15) is 4.79 Å². The van der Waals surface area contributed by atoms with Gasteiger partial charge in [0.25, 0.3) is 5.91 Å². The van der Waals surface area contributed by atoms with Crippen molar-refractivity contribution in [3.63, 3.8) is 0 Å². The zero-order valence-electron chi connectivity index (χ0n) is 9.68. The lowest BCUT2D eigenvalue weighted by Crippen LogP contribution is -2.11. The fourth-order valence-electron chi connectivity index (χ4n) is 1.40. The Morgan fingerprint density at radius 3 is 2.50 bits per heavy atom. The molecule has 1 amide bonds. The Bertz CT molecular complexity index is 540. The normalized spacial score (nSPS) is 10.1. The molecule has 3 nitrogen and oxygen atoms in total. The average Bonchev–Trinajstić information content (AvgIpc) is 2.41. The van der Waals surface area contributed by atoms with Crippen molar-refractivity contribution >= 4 is 35.0 Å². The van der Waals surface area contributed by atoms with Crippen molar-refractivity contribution in [2.24, 2.45) is 0 Å². The second-order valence-corrected chi connectivity index (χ2v) is 4.82. The SMILES string of the molecule is CSc1ccc(C(=O)Nc2ccc(Cl)nc2)cc1. The highest BCUT2D eigenvalue weighted by molar-refractivity contribution is 7.98. The van der Waals surface area contributed by atoms with Crippen LogP contribution in [0.25, 0.3) is 0 Å². The van der Waals surface area contributed by atoms with E-state index in [4.69, 9.17) is 11.6 Å². The standard InChI is InChI=1S/C13H11ClN2OS/c1-18-11-5-2-9(3-6-11)13(17)16-10-4-7-12(14)15-8-10/h2-8H,1H3,(H,16,17). The lowest BCUT2D eigenvalue weighted by atomic mass is 10.2. The van der Waals surface area contributed by atoms with Crippen LogP contribution in [-0.2, 0) is 0 Å².